The van der Waals surface area contributed by atoms with Gasteiger partial charge in [0.1, 0.15) is 0 Å². The zero-order valence-electron chi connectivity index (χ0n) is 7.59. The van der Waals surface area contributed by atoms with Gasteiger partial charge in [-0.05, 0) is 20.0 Å². The van der Waals surface area contributed by atoms with Crippen molar-refractivity contribution in [1.82, 2.24) is 4.90 Å². The highest BCUT2D eigenvalue weighted by molar-refractivity contribution is 5.69. The summed E-state index contributed by atoms with van der Waals surface area (Å²) in [6.07, 6.45) is 1.62. The van der Waals surface area contributed by atoms with Gasteiger partial charge < -0.3 is 9.64 Å². The molecule has 0 amide bonds. The van der Waals surface area contributed by atoms with Crippen LogP contribution in [0.15, 0.2) is 0 Å². The molecule has 0 heterocycles. The third-order valence-electron chi connectivity index (χ3n) is 1.53. The van der Waals surface area contributed by atoms with Crippen LogP contribution in [0, 0.1) is 0 Å². The Balaban J connectivity index is 3.29. The molecule has 0 radical (unpaired) electrons. The lowest BCUT2D eigenvalue weighted by Crippen LogP contribution is -2.22. The molecule has 11 heavy (non-hydrogen) atoms. The van der Waals surface area contributed by atoms with Gasteiger partial charge >= 0.3 is 5.97 Å². The van der Waals surface area contributed by atoms with Crippen LogP contribution in [0.3, 0.4) is 0 Å². The molecule has 0 aromatic carbocycles. The summed E-state index contributed by atoms with van der Waals surface area (Å²) in [4.78, 5) is 12.8. The summed E-state index contributed by atoms with van der Waals surface area (Å²) in [7, 11) is 3.43. The summed E-state index contributed by atoms with van der Waals surface area (Å²) in [5.74, 6) is -0.132. The first-order valence-electron chi connectivity index (χ1n) is 3.96. The van der Waals surface area contributed by atoms with Gasteiger partial charge in [-0.15, -0.1) is 0 Å². The van der Waals surface area contributed by atoms with Crippen LogP contribution in [0.1, 0.15) is 19.8 Å². The quantitative estimate of drug-likeness (QED) is 0.558. The largest absolute Gasteiger partial charge is 0.469 e. The third-order valence-corrected chi connectivity index (χ3v) is 1.53. The molecule has 0 N–H and O–H groups in total. The first-order valence-corrected chi connectivity index (χ1v) is 3.96. The maximum atomic E-state index is 10.7. The van der Waals surface area contributed by atoms with Gasteiger partial charge in [0, 0.05) is 6.54 Å². The molecule has 0 saturated heterocycles. The summed E-state index contributed by atoms with van der Waals surface area (Å²) in [6, 6.07) is 0. The van der Waals surface area contributed by atoms with E-state index in [1.807, 2.05) is 7.05 Å². The van der Waals surface area contributed by atoms with Gasteiger partial charge in [-0.25, -0.2) is 0 Å². The minimum absolute atomic E-state index is 0.132. The number of ether oxygens (including phenoxy) is 1. The van der Waals surface area contributed by atoms with Crippen molar-refractivity contribution in [3.63, 3.8) is 0 Å². The zero-order valence-corrected chi connectivity index (χ0v) is 7.59. The Morgan fingerprint density at radius 1 is 1.45 bits per heavy atom. The van der Waals surface area contributed by atoms with Gasteiger partial charge in [-0.3, -0.25) is 4.79 Å². The third kappa shape index (κ3) is 5.85. The molecule has 0 spiro atoms. The fraction of sp³-hybridized carbons (Fsp3) is 0.875. The van der Waals surface area contributed by atoms with Crippen molar-refractivity contribution in [2.75, 3.05) is 27.2 Å². The number of hydrogen-bond donors (Lipinski definition) is 0. The molecule has 3 heteroatoms. The Hall–Kier alpha value is -0.570. The van der Waals surface area contributed by atoms with Crippen molar-refractivity contribution in [2.45, 2.75) is 19.8 Å². The number of methoxy groups -OCH3 is 1. The molecule has 0 aromatic heterocycles. The number of carbonyl (C=O) groups is 1. The van der Waals surface area contributed by atoms with Crippen LogP contribution in [0.25, 0.3) is 0 Å². The molecule has 0 aliphatic rings. The maximum Gasteiger partial charge on any atom is 0.306 e. The molecule has 0 bridgehead atoms. The molecular formula is C8H17NO2. The lowest BCUT2D eigenvalue weighted by Gasteiger charge is -2.13. The Kier molecular flexibility index (Phi) is 5.84. The summed E-state index contributed by atoms with van der Waals surface area (Å²) in [5, 5.41) is 0. The topological polar surface area (TPSA) is 29.5 Å². The van der Waals surface area contributed by atoms with E-state index < -0.39 is 0 Å². The van der Waals surface area contributed by atoms with Crippen LogP contribution >= 0.6 is 0 Å². The molecule has 0 aliphatic heterocycles. The predicted octanol–water partition coefficient (Wildman–Crippen LogP) is 0.891. The van der Waals surface area contributed by atoms with Crippen LogP contribution in [0.5, 0.6) is 0 Å². The van der Waals surface area contributed by atoms with Crippen LogP contribution in [0.4, 0.5) is 0 Å². The maximum absolute atomic E-state index is 10.7. The summed E-state index contributed by atoms with van der Waals surface area (Å²) >= 11 is 0. The number of nitrogens with zero attached hydrogens (tertiary/aromatic N) is 1. The van der Waals surface area contributed by atoms with Gasteiger partial charge in [0.15, 0.2) is 0 Å². The Morgan fingerprint density at radius 2 is 2.09 bits per heavy atom. The van der Waals surface area contributed by atoms with Crippen molar-refractivity contribution in [3.8, 4) is 0 Å². The van der Waals surface area contributed by atoms with Gasteiger partial charge in [0.25, 0.3) is 0 Å². The molecule has 0 saturated carbocycles. The Morgan fingerprint density at radius 3 is 2.55 bits per heavy atom. The average Bonchev–Trinajstić information content (AvgIpc) is 2.01. The number of esters is 1. The highest BCUT2D eigenvalue weighted by Crippen LogP contribution is 1.90. The smallest absolute Gasteiger partial charge is 0.306 e. The first kappa shape index (κ1) is 10.4. The second kappa shape index (κ2) is 6.16. The molecule has 0 fully saturated rings. The highest BCUT2D eigenvalue weighted by atomic mass is 16.5. The van der Waals surface area contributed by atoms with Crippen molar-refractivity contribution in [1.29, 1.82) is 0 Å². The van der Waals surface area contributed by atoms with Gasteiger partial charge in [-0.1, -0.05) is 6.92 Å². The minimum atomic E-state index is -0.132. The second-order valence-electron chi connectivity index (χ2n) is 2.63. The minimum Gasteiger partial charge on any atom is -0.469 e. The zero-order chi connectivity index (χ0) is 8.69. The molecule has 0 rings (SSSR count). The van der Waals surface area contributed by atoms with Crippen LogP contribution in [0.2, 0.25) is 0 Å². The SMILES string of the molecule is CCCN(C)CCC(=O)OC. The first-order chi connectivity index (χ1) is 5.20. The van der Waals surface area contributed by atoms with Crippen molar-refractivity contribution in [3.05, 3.63) is 0 Å². The monoisotopic (exact) mass is 159 g/mol. The Labute approximate surface area is 68.3 Å². The van der Waals surface area contributed by atoms with E-state index in [2.05, 4.69) is 16.6 Å². The fourth-order valence-electron chi connectivity index (χ4n) is 0.878. The molecule has 0 unspecified atom stereocenters. The van der Waals surface area contributed by atoms with E-state index >= 15 is 0 Å². The van der Waals surface area contributed by atoms with Crippen molar-refractivity contribution < 1.29 is 9.53 Å². The van der Waals surface area contributed by atoms with E-state index in [0.717, 1.165) is 19.5 Å². The molecular weight excluding hydrogens is 142 g/mol. The van der Waals surface area contributed by atoms with Crippen LogP contribution in [-0.2, 0) is 9.53 Å². The standard InChI is InChI=1S/C8H17NO2/c1-4-6-9(2)7-5-8(10)11-3/h4-7H2,1-3H3. The molecule has 3 nitrogen and oxygen atoms in total. The van der Waals surface area contributed by atoms with Crippen LogP contribution < -0.4 is 0 Å². The average molecular weight is 159 g/mol. The lowest BCUT2D eigenvalue weighted by molar-refractivity contribution is -0.140. The molecule has 0 atom stereocenters. The fourth-order valence-corrected chi connectivity index (χ4v) is 0.878. The lowest BCUT2D eigenvalue weighted by atomic mass is 10.3. The molecule has 0 aromatic rings. The normalized spacial score (nSPS) is 10.2. The number of carbonyl (C=O) groups excluding carboxylic acids is 1. The highest BCUT2D eigenvalue weighted by Gasteiger charge is 2.01. The summed E-state index contributed by atoms with van der Waals surface area (Å²) < 4.78 is 4.51. The number of hydrogen-bond acceptors (Lipinski definition) is 3. The van der Waals surface area contributed by atoms with Crippen molar-refractivity contribution in [2.24, 2.45) is 0 Å². The number of rotatable bonds is 5. The molecule has 66 valence electrons. The van der Waals surface area contributed by atoms with Crippen LogP contribution in [-0.4, -0.2) is 38.1 Å². The van der Waals surface area contributed by atoms with Gasteiger partial charge in [0.05, 0.1) is 13.5 Å². The van der Waals surface area contributed by atoms with E-state index in [9.17, 15) is 4.79 Å². The predicted molar refractivity (Wildman–Crippen MR) is 44.4 cm³/mol. The van der Waals surface area contributed by atoms with E-state index in [1.54, 1.807) is 0 Å². The van der Waals surface area contributed by atoms with Gasteiger partial charge in [0.2, 0.25) is 0 Å². The van der Waals surface area contributed by atoms with E-state index in [1.165, 1.54) is 7.11 Å². The summed E-state index contributed by atoms with van der Waals surface area (Å²) in [5.41, 5.74) is 0. The second-order valence-corrected chi connectivity index (χ2v) is 2.63. The molecule has 0 aliphatic carbocycles. The van der Waals surface area contributed by atoms with E-state index in [4.69, 9.17) is 0 Å². The van der Waals surface area contributed by atoms with Gasteiger partial charge in [-0.2, -0.15) is 0 Å². The summed E-state index contributed by atoms with van der Waals surface area (Å²) in [6.45, 7) is 3.95. The van der Waals surface area contributed by atoms with E-state index in [-0.39, 0.29) is 5.97 Å². The van der Waals surface area contributed by atoms with E-state index in [0.29, 0.717) is 6.42 Å². The Bertz CT molecular complexity index is 115. The van der Waals surface area contributed by atoms with Crippen molar-refractivity contribution >= 4 is 5.97 Å².